The van der Waals surface area contributed by atoms with E-state index < -0.39 is 0 Å². The molecule has 1 heterocycles. The standard InChI is InChI=1S/C13H23NO3/c1-12(8-17-9-12)11(15)14-7-13(10-16-2)5-3-4-6-13/h3-10H2,1-2H3,(H,14,15). The Bertz CT molecular complexity index is 280. The Labute approximate surface area is 103 Å². The number of hydrogen-bond acceptors (Lipinski definition) is 3. The van der Waals surface area contributed by atoms with E-state index >= 15 is 0 Å². The molecule has 0 unspecified atom stereocenters. The smallest absolute Gasteiger partial charge is 0.230 e. The highest BCUT2D eigenvalue weighted by Crippen LogP contribution is 2.38. The zero-order chi connectivity index (χ0) is 12.4. The first-order chi connectivity index (χ1) is 8.10. The molecule has 1 N–H and O–H groups in total. The van der Waals surface area contributed by atoms with Crippen LogP contribution >= 0.6 is 0 Å². The molecular weight excluding hydrogens is 218 g/mol. The van der Waals surface area contributed by atoms with E-state index in [1.54, 1.807) is 7.11 Å². The molecule has 0 aromatic carbocycles. The molecule has 0 atom stereocenters. The minimum absolute atomic E-state index is 0.131. The number of carbonyl (C=O) groups excluding carboxylic acids is 1. The number of methoxy groups -OCH3 is 1. The molecule has 2 fully saturated rings. The van der Waals surface area contributed by atoms with Gasteiger partial charge in [0.05, 0.1) is 25.2 Å². The second kappa shape index (κ2) is 4.94. The van der Waals surface area contributed by atoms with Gasteiger partial charge < -0.3 is 14.8 Å². The number of carbonyl (C=O) groups is 1. The first-order valence-corrected chi connectivity index (χ1v) is 6.45. The van der Waals surface area contributed by atoms with Crippen molar-refractivity contribution in [3.05, 3.63) is 0 Å². The zero-order valence-corrected chi connectivity index (χ0v) is 10.9. The van der Waals surface area contributed by atoms with E-state index in [9.17, 15) is 4.79 Å². The molecular formula is C13H23NO3. The fourth-order valence-corrected chi connectivity index (χ4v) is 2.82. The normalized spacial score (nSPS) is 25.3. The monoisotopic (exact) mass is 241 g/mol. The highest BCUT2D eigenvalue weighted by atomic mass is 16.5. The van der Waals surface area contributed by atoms with E-state index in [1.807, 2.05) is 6.92 Å². The summed E-state index contributed by atoms with van der Waals surface area (Å²) in [5.41, 5.74) is -0.127. The van der Waals surface area contributed by atoms with Crippen molar-refractivity contribution < 1.29 is 14.3 Å². The van der Waals surface area contributed by atoms with Gasteiger partial charge in [0, 0.05) is 19.1 Å². The molecule has 1 aliphatic heterocycles. The Balaban J connectivity index is 1.85. The highest BCUT2D eigenvalue weighted by molar-refractivity contribution is 5.83. The van der Waals surface area contributed by atoms with E-state index in [0.717, 1.165) is 26.0 Å². The van der Waals surface area contributed by atoms with Crippen LogP contribution in [0.2, 0.25) is 0 Å². The predicted molar refractivity (Wildman–Crippen MR) is 64.7 cm³/mol. The Kier molecular flexibility index (Phi) is 3.73. The molecule has 1 saturated heterocycles. The maximum absolute atomic E-state index is 12.0. The molecule has 2 rings (SSSR count). The average Bonchev–Trinajstić information content (AvgIpc) is 2.72. The first-order valence-electron chi connectivity index (χ1n) is 6.45. The minimum atomic E-state index is -0.299. The fraction of sp³-hybridized carbons (Fsp3) is 0.923. The van der Waals surface area contributed by atoms with Crippen molar-refractivity contribution in [2.75, 3.05) is 33.5 Å². The van der Waals surface area contributed by atoms with Crippen LogP contribution in [0.3, 0.4) is 0 Å². The topological polar surface area (TPSA) is 47.6 Å². The number of hydrogen-bond donors (Lipinski definition) is 1. The van der Waals surface area contributed by atoms with E-state index in [0.29, 0.717) is 13.2 Å². The Morgan fingerprint density at radius 2 is 2.00 bits per heavy atom. The van der Waals surface area contributed by atoms with Crippen molar-refractivity contribution >= 4 is 5.91 Å². The van der Waals surface area contributed by atoms with Crippen LogP contribution in [0.25, 0.3) is 0 Å². The molecule has 1 amide bonds. The van der Waals surface area contributed by atoms with Crippen molar-refractivity contribution in [3.63, 3.8) is 0 Å². The summed E-state index contributed by atoms with van der Waals surface area (Å²) >= 11 is 0. The van der Waals surface area contributed by atoms with Crippen LogP contribution in [-0.4, -0.2) is 39.4 Å². The minimum Gasteiger partial charge on any atom is -0.384 e. The molecule has 1 aliphatic carbocycles. The molecule has 0 aromatic rings. The van der Waals surface area contributed by atoms with Crippen molar-refractivity contribution in [3.8, 4) is 0 Å². The first kappa shape index (κ1) is 12.8. The third kappa shape index (κ3) is 2.63. The maximum atomic E-state index is 12.0. The Hall–Kier alpha value is -0.610. The van der Waals surface area contributed by atoms with Crippen molar-refractivity contribution in [1.82, 2.24) is 5.32 Å². The molecule has 0 aromatic heterocycles. The molecule has 2 aliphatic rings. The second-order valence-corrected chi connectivity index (χ2v) is 5.88. The molecule has 1 saturated carbocycles. The SMILES string of the molecule is COCC1(CNC(=O)C2(C)COC2)CCCC1. The number of rotatable bonds is 5. The van der Waals surface area contributed by atoms with Crippen molar-refractivity contribution in [1.29, 1.82) is 0 Å². The van der Waals surface area contributed by atoms with Crippen molar-refractivity contribution in [2.45, 2.75) is 32.6 Å². The van der Waals surface area contributed by atoms with Gasteiger partial charge >= 0.3 is 0 Å². The number of ether oxygens (including phenoxy) is 2. The summed E-state index contributed by atoms with van der Waals surface area (Å²) in [5.74, 6) is 0.131. The van der Waals surface area contributed by atoms with Crippen molar-refractivity contribution in [2.24, 2.45) is 10.8 Å². The van der Waals surface area contributed by atoms with Crippen LogP contribution in [0.5, 0.6) is 0 Å². The quantitative estimate of drug-likeness (QED) is 0.790. The summed E-state index contributed by atoms with van der Waals surface area (Å²) in [5, 5.41) is 3.09. The molecule has 0 radical (unpaired) electrons. The summed E-state index contributed by atoms with van der Waals surface area (Å²) in [7, 11) is 1.74. The van der Waals surface area contributed by atoms with Gasteiger partial charge in [-0.05, 0) is 19.8 Å². The van der Waals surface area contributed by atoms with E-state index in [1.165, 1.54) is 12.8 Å². The van der Waals surface area contributed by atoms with Crippen LogP contribution in [0, 0.1) is 10.8 Å². The van der Waals surface area contributed by atoms with Gasteiger partial charge in [-0.1, -0.05) is 12.8 Å². The summed E-state index contributed by atoms with van der Waals surface area (Å²) in [6.07, 6.45) is 4.82. The van der Waals surface area contributed by atoms with E-state index in [-0.39, 0.29) is 16.7 Å². The molecule has 4 nitrogen and oxygen atoms in total. The Morgan fingerprint density at radius 3 is 2.47 bits per heavy atom. The van der Waals surface area contributed by atoms with Gasteiger partial charge in [-0.3, -0.25) is 4.79 Å². The van der Waals surface area contributed by atoms with Gasteiger partial charge in [0.15, 0.2) is 0 Å². The van der Waals surface area contributed by atoms with E-state index in [2.05, 4.69) is 5.32 Å². The average molecular weight is 241 g/mol. The lowest BCUT2D eigenvalue weighted by Crippen LogP contribution is -2.53. The summed E-state index contributed by atoms with van der Waals surface area (Å²) in [4.78, 5) is 12.0. The molecule has 0 spiro atoms. The van der Waals surface area contributed by atoms with Crippen LogP contribution in [-0.2, 0) is 14.3 Å². The molecule has 4 heteroatoms. The largest absolute Gasteiger partial charge is 0.384 e. The third-order valence-corrected chi connectivity index (χ3v) is 4.13. The molecule has 98 valence electrons. The van der Waals surface area contributed by atoms with Gasteiger partial charge in [0.1, 0.15) is 0 Å². The summed E-state index contributed by atoms with van der Waals surface area (Å²) < 4.78 is 10.4. The van der Waals surface area contributed by atoms with Gasteiger partial charge in [0.2, 0.25) is 5.91 Å². The third-order valence-electron chi connectivity index (χ3n) is 4.13. The lowest BCUT2D eigenvalue weighted by molar-refractivity contribution is -0.158. The zero-order valence-electron chi connectivity index (χ0n) is 10.9. The second-order valence-electron chi connectivity index (χ2n) is 5.88. The van der Waals surface area contributed by atoms with Gasteiger partial charge in [-0.25, -0.2) is 0 Å². The summed E-state index contributed by atoms with van der Waals surface area (Å²) in [6.45, 7) is 4.56. The van der Waals surface area contributed by atoms with Crippen LogP contribution in [0.4, 0.5) is 0 Å². The van der Waals surface area contributed by atoms with Gasteiger partial charge in [-0.15, -0.1) is 0 Å². The Morgan fingerprint density at radius 1 is 1.35 bits per heavy atom. The van der Waals surface area contributed by atoms with E-state index in [4.69, 9.17) is 9.47 Å². The fourth-order valence-electron chi connectivity index (χ4n) is 2.82. The molecule has 0 bridgehead atoms. The van der Waals surface area contributed by atoms with Crippen LogP contribution in [0.15, 0.2) is 0 Å². The predicted octanol–water partition coefficient (Wildman–Crippen LogP) is 1.35. The lowest BCUT2D eigenvalue weighted by Gasteiger charge is -2.38. The number of nitrogens with one attached hydrogen (secondary N) is 1. The van der Waals surface area contributed by atoms with Crippen LogP contribution < -0.4 is 5.32 Å². The lowest BCUT2D eigenvalue weighted by atomic mass is 9.84. The highest BCUT2D eigenvalue weighted by Gasteiger charge is 2.42. The van der Waals surface area contributed by atoms with Gasteiger partial charge in [0.25, 0.3) is 0 Å². The maximum Gasteiger partial charge on any atom is 0.230 e. The van der Waals surface area contributed by atoms with Gasteiger partial charge in [-0.2, -0.15) is 0 Å². The number of amides is 1. The summed E-state index contributed by atoms with van der Waals surface area (Å²) in [6, 6.07) is 0. The van der Waals surface area contributed by atoms with Crippen LogP contribution in [0.1, 0.15) is 32.6 Å². The molecule has 17 heavy (non-hydrogen) atoms.